The predicted molar refractivity (Wildman–Crippen MR) is 74.4 cm³/mol. The highest BCUT2D eigenvalue weighted by Crippen LogP contribution is 2.22. The van der Waals surface area contributed by atoms with Crippen molar-refractivity contribution in [1.29, 1.82) is 0 Å². The molecular weight excluding hydrogens is 224 g/mol. The predicted octanol–water partition coefficient (Wildman–Crippen LogP) is 4.25. The molecule has 18 heavy (non-hydrogen) atoms. The molecule has 0 aliphatic heterocycles. The van der Waals surface area contributed by atoms with Gasteiger partial charge in [0.2, 0.25) is 0 Å². The third kappa shape index (κ3) is 2.54. The van der Waals surface area contributed by atoms with E-state index in [0.29, 0.717) is 11.1 Å². The van der Waals surface area contributed by atoms with Crippen LogP contribution in [0.2, 0.25) is 0 Å². The number of hydrogen-bond acceptors (Lipinski definition) is 2. The summed E-state index contributed by atoms with van der Waals surface area (Å²) in [6.45, 7) is 3.95. The lowest BCUT2D eigenvalue weighted by atomic mass is 10.1. The largest absolute Gasteiger partial charge is 0.504 e. The molecule has 0 saturated carbocycles. The SMILES string of the molecule is Cc1ccc(/C(O)=C(/O)c2ccc(C)cc2)cc1. The third-order valence-electron chi connectivity index (χ3n) is 2.87. The lowest BCUT2D eigenvalue weighted by molar-refractivity contribution is 0.459. The molecule has 0 amide bonds. The van der Waals surface area contributed by atoms with Gasteiger partial charge < -0.3 is 10.2 Å². The minimum Gasteiger partial charge on any atom is -0.504 e. The summed E-state index contributed by atoms with van der Waals surface area (Å²) in [5.74, 6) is -0.197. The molecule has 0 atom stereocenters. The summed E-state index contributed by atoms with van der Waals surface area (Å²) in [5, 5.41) is 20.1. The van der Waals surface area contributed by atoms with Gasteiger partial charge in [0.25, 0.3) is 0 Å². The fourth-order valence-electron chi connectivity index (χ4n) is 1.70. The van der Waals surface area contributed by atoms with Gasteiger partial charge >= 0.3 is 0 Å². The molecule has 0 saturated heterocycles. The minimum absolute atomic E-state index is 0.0983. The molecule has 0 radical (unpaired) electrons. The van der Waals surface area contributed by atoms with Crippen LogP contribution in [0.1, 0.15) is 22.3 Å². The zero-order chi connectivity index (χ0) is 13.1. The highest BCUT2D eigenvalue weighted by Gasteiger charge is 2.08. The summed E-state index contributed by atoms with van der Waals surface area (Å²) in [4.78, 5) is 0. The summed E-state index contributed by atoms with van der Waals surface area (Å²) in [6.07, 6.45) is 0. The molecular formula is C16H16O2. The van der Waals surface area contributed by atoms with E-state index in [1.165, 1.54) is 0 Å². The Balaban J connectivity index is 2.40. The van der Waals surface area contributed by atoms with Crippen LogP contribution in [0.15, 0.2) is 48.5 Å². The van der Waals surface area contributed by atoms with E-state index in [0.717, 1.165) is 11.1 Å². The van der Waals surface area contributed by atoms with Crippen LogP contribution in [0.25, 0.3) is 11.5 Å². The molecule has 0 spiro atoms. The Hall–Kier alpha value is -2.22. The molecule has 0 fully saturated rings. The highest BCUT2D eigenvalue weighted by atomic mass is 16.3. The van der Waals surface area contributed by atoms with Gasteiger partial charge in [0.15, 0.2) is 11.5 Å². The molecule has 0 unspecified atom stereocenters. The Kier molecular flexibility index (Phi) is 3.38. The van der Waals surface area contributed by atoms with E-state index < -0.39 is 0 Å². The minimum atomic E-state index is -0.0983. The fourth-order valence-corrected chi connectivity index (χ4v) is 1.70. The summed E-state index contributed by atoms with van der Waals surface area (Å²) < 4.78 is 0. The normalized spacial score (nSPS) is 12.1. The van der Waals surface area contributed by atoms with Crippen LogP contribution in [-0.2, 0) is 0 Å². The van der Waals surface area contributed by atoms with Gasteiger partial charge in [-0.3, -0.25) is 0 Å². The lowest BCUT2D eigenvalue weighted by Crippen LogP contribution is -1.91. The van der Waals surface area contributed by atoms with Gasteiger partial charge in [-0.05, 0) is 13.8 Å². The summed E-state index contributed by atoms with van der Waals surface area (Å²) in [7, 11) is 0. The maximum atomic E-state index is 10.0. The molecule has 2 nitrogen and oxygen atoms in total. The number of aryl methyl sites for hydroxylation is 2. The third-order valence-corrected chi connectivity index (χ3v) is 2.87. The Morgan fingerprint density at radius 3 is 1.17 bits per heavy atom. The number of hydrogen-bond donors (Lipinski definition) is 2. The molecule has 0 aliphatic rings. The monoisotopic (exact) mass is 240 g/mol. The smallest absolute Gasteiger partial charge is 0.165 e. The highest BCUT2D eigenvalue weighted by molar-refractivity contribution is 5.82. The number of rotatable bonds is 2. The average molecular weight is 240 g/mol. The van der Waals surface area contributed by atoms with Gasteiger partial charge in [0, 0.05) is 11.1 Å². The topological polar surface area (TPSA) is 40.5 Å². The molecule has 0 aromatic heterocycles. The van der Waals surface area contributed by atoms with Gasteiger partial charge in [-0.15, -0.1) is 0 Å². The van der Waals surface area contributed by atoms with Crippen LogP contribution < -0.4 is 0 Å². The van der Waals surface area contributed by atoms with Crippen molar-refractivity contribution in [2.75, 3.05) is 0 Å². The van der Waals surface area contributed by atoms with Crippen molar-refractivity contribution in [1.82, 2.24) is 0 Å². The molecule has 2 heteroatoms. The second-order valence-corrected chi connectivity index (χ2v) is 4.43. The first-order valence-corrected chi connectivity index (χ1v) is 5.84. The zero-order valence-corrected chi connectivity index (χ0v) is 10.5. The standard InChI is InChI=1S/C16H16O2/c1-11-3-7-13(8-4-11)15(17)16(18)14-9-5-12(2)6-10-14/h3-10,17-18H,1-2H3/b16-15-. The molecule has 2 N–H and O–H groups in total. The lowest BCUT2D eigenvalue weighted by Gasteiger charge is -2.06. The van der Waals surface area contributed by atoms with Crippen LogP contribution in [0.4, 0.5) is 0 Å². The Morgan fingerprint density at radius 2 is 0.889 bits per heavy atom. The first-order chi connectivity index (χ1) is 8.58. The summed E-state index contributed by atoms with van der Waals surface area (Å²) in [5.41, 5.74) is 3.44. The van der Waals surface area contributed by atoms with Crippen molar-refractivity contribution < 1.29 is 10.2 Å². The van der Waals surface area contributed by atoms with Crippen molar-refractivity contribution in [2.24, 2.45) is 0 Å². The number of aliphatic hydroxyl groups is 2. The number of benzene rings is 2. The van der Waals surface area contributed by atoms with Crippen molar-refractivity contribution in [3.8, 4) is 0 Å². The Bertz CT molecular complexity index is 510. The van der Waals surface area contributed by atoms with Crippen LogP contribution in [0.5, 0.6) is 0 Å². The van der Waals surface area contributed by atoms with Crippen molar-refractivity contribution in [3.05, 3.63) is 70.8 Å². The maximum Gasteiger partial charge on any atom is 0.165 e. The molecule has 2 aromatic rings. The van der Waals surface area contributed by atoms with Crippen molar-refractivity contribution >= 4 is 11.5 Å². The summed E-state index contributed by atoms with van der Waals surface area (Å²) >= 11 is 0. The van der Waals surface area contributed by atoms with Gasteiger partial charge in [-0.25, -0.2) is 0 Å². The average Bonchev–Trinajstić information content (AvgIpc) is 2.39. The van der Waals surface area contributed by atoms with E-state index >= 15 is 0 Å². The molecule has 92 valence electrons. The van der Waals surface area contributed by atoms with Crippen LogP contribution in [0.3, 0.4) is 0 Å². The molecule has 2 aromatic carbocycles. The van der Waals surface area contributed by atoms with Crippen LogP contribution in [-0.4, -0.2) is 10.2 Å². The van der Waals surface area contributed by atoms with E-state index in [4.69, 9.17) is 0 Å². The van der Waals surface area contributed by atoms with E-state index in [1.807, 2.05) is 38.1 Å². The van der Waals surface area contributed by atoms with Gasteiger partial charge in [-0.1, -0.05) is 59.7 Å². The molecule has 2 rings (SSSR count). The van der Waals surface area contributed by atoms with Gasteiger partial charge in [0.1, 0.15) is 0 Å². The maximum absolute atomic E-state index is 10.0. The van der Waals surface area contributed by atoms with Gasteiger partial charge in [0.05, 0.1) is 0 Å². The van der Waals surface area contributed by atoms with E-state index in [1.54, 1.807) is 24.3 Å². The second-order valence-electron chi connectivity index (χ2n) is 4.43. The fraction of sp³-hybridized carbons (Fsp3) is 0.125. The van der Waals surface area contributed by atoms with Gasteiger partial charge in [-0.2, -0.15) is 0 Å². The first kappa shape index (κ1) is 12.2. The molecule has 0 bridgehead atoms. The van der Waals surface area contributed by atoms with Crippen LogP contribution >= 0.6 is 0 Å². The van der Waals surface area contributed by atoms with Crippen LogP contribution in [0, 0.1) is 13.8 Å². The van der Waals surface area contributed by atoms with E-state index in [9.17, 15) is 10.2 Å². The van der Waals surface area contributed by atoms with E-state index in [-0.39, 0.29) is 11.5 Å². The Morgan fingerprint density at radius 1 is 0.611 bits per heavy atom. The van der Waals surface area contributed by atoms with Crippen molar-refractivity contribution in [3.63, 3.8) is 0 Å². The van der Waals surface area contributed by atoms with Crippen molar-refractivity contribution in [2.45, 2.75) is 13.8 Å². The molecule has 0 aliphatic carbocycles. The quantitative estimate of drug-likeness (QED) is 0.608. The molecule has 0 heterocycles. The van der Waals surface area contributed by atoms with E-state index in [2.05, 4.69) is 0 Å². The summed E-state index contributed by atoms with van der Waals surface area (Å²) in [6, 6.07) is 14.7. The number of aliphatic hydroxyl groups excluding tert-OH is 2. The zero-order valence-electron chi connectivity index (χ0n) is 10.5. The first-order valence-electron chi connectivity index (χ1n) is 5.84. The Labute approximate surface area is 107 Å². The second kappa shape index (κ2) is 4.96.